The van der Waals surface area contributed by atoms with E-state index in [0.29, 0.717) is 12.5 Å². The Hall–Kier alpha value is -3.10. The minimum Gasteiger partial charge on any atom is -0.375 e. The van der Waals surface area contributed by atoms with Gasteiger partial charge in [0.25, 0.3) is 0 Å². The lowest BCUT2D eigenvalue weighted by Gasteiger charge is -2.33. The molecule has 0 unspecified atom stereocenters. The largest absolute Gasteiger partial charge is 0.375 e. The van der Waals surface area contributed by atoms with Gasteiger partial charge in [0.2, 0.25) is 5.91 Å². The number of piperidine rings is 1. The van der Waals surface area contributed by atoms with E-state index < -0.39 is 0 Å². The number of nitrogens with one attached hydrogen (secondary N) is 1. The number of methoxy groups -OCH3 is 1. The highest BCUT2D eigenvalue weighted by Crippen LogP contribution is 2.24. The Labute approximate surface area is 199 Å². The van der Waals surface area contributed by atoms with Gasteiger partial charge in [-0.3, -0.25) is 4.79 Å². The molecule has 180 valence electrons. The molecule has 0 bridgehead atoms. The molecule has 1 aliphatic heterocycles. The van der Waals surface area contributed by atoms with Crippen molar-refractivity contribution in [3.63, 3.8) is 0 Å². The predicted octanol–water partition coefficient (Wildman–Crippen LogP) is 3.54. The number of likely N-dealkylation sites (tertiary alicyclic amines) is 1. The third-order valence-corrected chi connectivity index (χ3v) is 6.31. The minimum atomic E-state index is -0.235. The Morgan fingerprint density at radius 3 is 2.59 bits per heavy atom. The first-order valence-electron chi connectivity index (χ1n) is 11.8. The normalized spacial score (nSPS) is 15.8. The molecule has 2 heterocycles. The number of carbonyl (C=O) groups is 1. The summed E-state index contributed by atoms with van der Waals surface area (Å²) < 4.78 is 20.1. The number of carbonyl (C=O) groups excluding carboxylic acids is 1. The summed E-state index contributed by atoms with van der Waals surface area (Å²) >= 11 is 0. The molecule has 0 radical (unpaired) electrons. The highest BCUT2D eigenvalue weighted by molar-refractivity contribution is 5.77. The zero-order valence-electron chi connectivity index (χ0n) is 19.6. The summed E-state index contributed by atoms with van der Waals surface area (Å²) in [5, 5.41) is 7.78. The van der Waals surface area contributed by atoms with Gasteiger partial charge in [0.15, 0.2) is 5.82 Å². The van der Waals surface area contributed by atoms with Crippen LogP contribution >= 0.6 is 0 Å². The van der Waals surface area contributed by atoms with E-state index in [1.54, 1.807) is 12.1 Å². The van der Waals surface area contributed by atoms with Crippen LogP contribution < -0.4 is 5.32 Å². The monoisotopic (exact) mass is 465 g/mol. The van der Waals surface area contributed by atoms with Gasteiger partial charge in [-0.05, 0) is 42.5 Å². The first kappa shape index (κ1) is 24.0. The van der Waals surface area contributed by atoms with E-state index in [4.69, 9.17) is 4.74 Å². The molecular formula is C26H32FN5O2. The Bertz CT molecular complexity index is 1030. The Balaban J connectivity index is 1.27. The third-order valence-electron chi connectivity index (χ3n) is 6.31. The van der Waals surface area contributed by atoms with Crippen LogP contribution in [0.1, 0.15) is 48.3 Å². The average molecular weight is 466 g/mol. The fraction of sp³-hybridized carbons (Fsp3) is 0.423. The van der Waals surface area contributed by atoms with Crippen molar-refractivity contribution in [1.29, 1.82) is 0 Å². The molecule has 8 heteroatoms. The van der Waals surface area contributed by atoms with E-state index in [0.717, 1.165) is 55.8 Å². The van der Waals surface area contributed by atoms with Crippen molar-refractivity contribution in [2.45, 2.75) is 37.8 Å². The first-order valence-corrected chi connectivity index (χ1v) is 11.8. The molecule has 1 aromatic heterocycles. The Morgan fingerprint density at radius 1 is 1.15 bits per heavy atom. The van der Waals surface area contributed by atoms with Crippen molar-refractivity contribution < 1.29 is 13.9 Å². The molecule has 7 nitrogen and oxygen atoms in total. The molecule has 4 rings (SSSR count). The summed E-state index contributed by atoms with van der Waals surface area (Å²) in [5.41, 5.74) is 2.11. The second-order valence-electron chi connectivity index (χ2n) is 8.77. The van der Waals surface area contributed by atoms with Crippen molar-refractivity contribution in [2.24, 2.45) is 0 Å². The van der Waals surface area contributed by atoms with E-state index >= 15 is 0 Å². The lowest BCUT2D eigenvalue weighted by Crippen LogP contribution is -2.38. The second-order valence-corrected chi connectivity index (χ2v) is 8.77. The van der Waals surface area contributed by atoms with Gasteiger partial charge < -0.3 is 15.0 Å². The van der Waals surface area contributed by atoms with Gasteiger partial charge in [0.05, 0.1) is 12.1 Å². The van der Waals surface area contributed by atoms with Gasteiger partial charge in [-0.1, -0.05) is 42.5 Å². The maximum absolute atomic E-state index is 13.1. The minimum absolute atomic E-state index is 0.0362. The quantitative estimate of drug-likeness (QED) is 0.496. The van der Waals surface area contributed by atoms with E-state index in [1.807, 2.05) is 29.2 Å². The van der Waals surface area contributed by atoms with E-state index in [-0.39, 0.29) is 24.4 Å². The molecule has 1 saturated heterocycles. The summed E-state index contributed by atoms with van der Waals surface area (Å²) in [4.78, 5) is 19.0. The maximum atomic E-state index is 13.1. The van der Waals surface area contributed by atoms with Crippen LogP contribution in [0.15, 0.2) is 60.9 Å². The van der Waals surface area contributed by atoms with Gasteiger partial charge in [-0.2, -0.15) is 5.10 Å². The molecule has 2 aromatic carbocycles. The summed E-state index contributed by atoms with van der Waals surface area (Å²) in [6.45, 7) is 2.93. The number of nitrogens with zero attached hydrogens (tertiary/aromatic N) is 4. The molecule has 0 spiro atoms. The lowest BCUT2D eigenvalue weighted by atomic mass is 10.0. The van der Waals surface area contributed by atoms with Gasteiger partial charge >= 0.3 is 0 Å². The molecule has 0 saturated carbocycles. The summed E-state index contributed by atoms with van der Waals surface area (Å²) in [7, 11) is 1.53. The molecular weight excluding hydrogens is 433 g/mol. The smallest absolute Gasteiger partial charge is 0.246 e. The van der Waals surface area contributed by atoms with E-state index in [1.165, 1.54) is 19.2 Å². The standard InChI is InChI=1S/C26H32FN5O2/c1-34-18-26(33)29-24(21-5-3-2-4-6-21)13-16-31-14-11-23(12-15-31)32-19-28-25(30-32)17-20-7-9-22(27)10-8-20/h2-10,19,23-24H,11-18H2,1H3,(H,29,33)/t24-/m0/s1. The van der Waals surface area contributed by atoms with Crippen LogP contribution in [0.5, 0.6) is 0 Å². The fourth-order valence-electron chi connectivity index (χ4n) is 4.45. The van der Waals surface area contributed by atoms with Crippen molar-refractivity contribution in [2.75, 3.05) is 33.4 Å². The van der Waals surface area contributed by atoms with Crippen LogP contribution in [0, 0.1) is 5.82 Å². The predicted molar refractivity (Wildman–Crippen MR) is 128 cm³/mol. The number of ether oxygens (including phenoxy) is 1. The number of aromatic nitrogens is 3. The highest BCUT2D eigenvalue weighted by Gasteiger charge is 2.23. The summed E-state index contributed by atoms with van der Waals surface area (Å²) in [5.74, 6) is 0.422. The number of halogens is 1. The molecule has 1 aliphatic rings. The molecule has 34 heavy (non-hydrogen) atoms. The van der Waals surface area contributed by atoms with E-state index in [9.17, 15) is 9.18 Å². The van der Waals surface area contributed by atoms with Gasteiger partial charge in [0.1, 0.15) is 18.8 Å². The van der Waals surface area contributed by atoms with Crippen molar-refractivity contribution in [1.82, 2.24) is 25.0 Å². The van der Waals surface area contributed by atoms with Crippen LogP contribution in [0.2, 0.25) is 0 Å². The molecule has 1 atom stereocenters. The number of hydrogen-bond donors (Lipinski definition) is 1. The van der Waals surface area contributed by atoms with Crippen molar-refractivity contribution in [3.8, 4) is 0 Å². The first-order chi connectivity index (χ1) is 16.6. The summed E-state index contributed by atoms with van der Waals surface area (Å²) in [6, 6.07) is 16.9. The van der Waals surface area contributed by atoms with Gasteiger partial charge in [0, 0.05) is 33.2 Å². The second kappa shape index (κ2) is 11.9. The zero-order valence-corrected chi connectivity index (χ0v) is 19.6. The Kier molecular flexibility index (Phi) is 8.38. The van der Waals surface area contributed by atoms with Crippen LogP contribution in [0.3, 0.4) is 0 Å². The van der Waals surface area contributed by atoms with Gasteiger partial charge in [-0.15, -0.1) is 0 Å². The highest BCUT2D eigenvalue weighted by atomic mass is 19.1. The van der Waals surface area contributed by atoms with Gasteiger partial charge in [-0.25, -0.2) is 14.1 Å². The average Bonchev–Trinajstić information content (AvgIpc) is 3.33. The SMILES string of the molecule is COCC(=O)N[C@@H](CCN1CCC(n2cnc(Cc3ccc(F)cc3)n2)CC1)c1ccccc1. The van der Waals surface area contributed by atoms with E-state index in [2.05, 4.69) is 32.4 Å². The third kappa shape index (κ3) is 6.71. The number of hydrogen-bond acceptors (Lipinski definition) is 5. The van der Waals surface area contributed by atoms with Crippen LogP contribution in [0.25, 0.3) is 0 Å². The topological polar surface area (TPSA) is 72.3 Å². The van der Waals surface area contributed by atoms with Crippen LogP contribution in [-0.2, 0) is 16.0 Å². The lowest BCUT2D eigenvalue weighted by molar-refractivity contribution is -0.125. The molecule has 1 N–H and O–H groups in total. The molecule has 3 aromatic rings. The number of amides is 1. The maximum Gasteiger partial charge on any atom is 0.246 e. The summed E-state index contributed by atoms with van der Waals surface area (Å²) in [6.07, 6.45) is 5.27. The molecule has 1 amide bonds. The van der Waals surface area contributed by atoms with Crippen LogP contribution in [-0.4, -0.2) is 58.9 Å². The fourth-order valence-corrected chi connectivity index (χ4v) is 4.45. The molecule has 1 fully saturated rings. The number of rotatable bonds is 10. The number of benzene rings is 2. The zero-order chi connectivity index (χ0) is 23.8. The molecule has 0 aliphatic carbocycles. The Morgan fingerprint density at radius 2 is 1.88 bits per heavy atom. The van der Waals surface area contributed by atoms with Crippen molar-refractivity contribution >= 4 is 5.91 Å². The van der Waals surface area contributed by atoms with Crippen molar-refractivity contribution in [3.05, 3.63) is 83.7 Å². The van der Waals surface area contributed by atoms with Crippen LogP contribution in [0.4, 0.5) is 4.39 Å².